The largest absolute Gasteiger partial charge is 0.399 e. The highest BCUT2D eigenvalue weighted by atomic mass is 16.7. The van der Waals surface area contributed by atoms with Crippen molar-refractivity contribution >= 4 is 40.3 Å². The second-order valence-corrected chi connectivity index (χ2v) is 6.42. The van der Waals surface area contributed by atoms with Crippen molar-refractivity contribution in [2.45, 2.75) is 0 Å². The van der Waals surface area contributed by atoms with Gasteiger partial charge in [-0.2, -0.15) is 0 Å². The Morgan fingerprint density at radius 1 is 0.848 bits per heavy atom. The highest BCUT2D eigenvalue weighted by Gasteiger charge is 2.21. The SMILES string of the molecule is Nc1ccc(C(=O)N=Nc2ccc(NOC(=O)c3cc([N+](=O)[O-])cc([N+](=O)[O-])c3)cc2)cc1. The van der Waals surface area contributed by atoms with E-state index in [1.165, 1.54) is 36.4 Å². The molecule has 33 heavy (non-hydrogen) atoms. The Morgan fingerprint density at radius 2 is 1.42 bits per heavy atom. The van der Waals surface area contributed by atoms with Gasteiger partial charge in [0, 0.05) is 23.4 Å². The number of nitrogens with zero attached hydrogens (tertiary/aromatic N) is 4. The lowest BCUT2D eigenvalue weighted by Crippen LogP contribution is -2.11. The fourth-order valence-corrected chi connectivity index (χ4v) is 2.47. The summed E-state index contributed by atoms with van der Waals surface area (Å²) in [5.41, 5.74) is 7.72. The van der Waals surface area contributed by atoms with Crippen LogP contribution in [0.15, 0.2) is 77.0 Å². The number of nitro benzene ring substituents is 2. The maximum absolute atomic E-state index is 12.2. The van der Waals surface area contributed by atoms with E-state index in [1.54, 1.807) is 12.1 Å². The lowest BCUT2D eigenvalue weighted by Gasteiger charge is -2.07. The fourth-order valence-electron chi connectivity index (χ4n) is 2.47. The third kappa shape index (κ3) is 5.91. The molecule has 0 saturated carbocycles. The monoisotopic (exact) mass is 450 g/mol. The van der Waals surface area contributed by atoms with Crippen LogP contribution in [0.1, 0.15) is 20.7 Å². The van der Waals surface area contributed by atoms with Gasteiger partial charge in [0.2, 0.25) is 0 Å². The minimum atomic E-state index is -1.07. The summed E-state index contributed by atoms with van der Waals surface area (Å²) in [7, 11) is 0. The Bertz CT molecular complexity index is 1220. The second-order valence-electron chi connectivity index (χ2n) is 6.42. The zero-order valence-electron chi connectivity index (χ0n) is 16.6. The average Bonchev–Trinajstić information content (AvgIpc) is 2.81. The molecular weight excluding hydrogens is 436 g/mol. The molecule has 166 valence electrons. The Balaban J connectivity index is 1.63. The van der Waals surface area contributed by atoms with Crippen LogP contribution in [0.2, 0.25) is 0 Å². The molecule has 0 aliphatic heterocycles. The van der Waals surface area contributed by atoms with Crippen molar-refractivity contribution in [3.8, 4) is 0 Å². The maximum atomic E-state index is 12.2. The number of carbonyl (C=O) groups is 2. The smallest absolute Gasteiger partial charge is 0.363 e. The van der Waals surface area contributed by atoms with Crippen LogP contribution in [-0.4, -0.2) is 21.7 Å². The maximum Gasteiger partial charge on any atom is 0.363 e. The number of amides is 1. The third-order valence-electron chi connectivity index (χ3n) is 4.10. The summed E-state index contributed by atoms with van der Waals surface area (Å²) < 4.78 is 0. The van der Waals surface area contributed by atoms with Gasteiger partial charge >= 0.3 is 5.97 Å². The zero-order chi connectivity index (χ0) is 24.0. The number of non-ortho nitro benzene ring substituents is 2. The van der Waals surface area contributed by atoms with Crippen LogP contribution in [-0.2, 0) is 4.84 Å². The molecule has 3 aromatic carbocycles. The van der Waals surface area contributed by atoms with Crippen LogP contribution in [0, 0.1) is 20.2 Å². The molecule has 3 rings (SSSR count). The first kappa shape index (κ1) is 22.5. The van der Waals surface area contributed by atoms with Gasteiger partial charge in [-0.25, -0.2) is 10.3 Å². The number of anilines is 2. The Morgan fingerprint density at radius 3 is 1.97 bits per heavy atom. The van der Waals surface area contributed by atoms with Crippen molar-refractivity contribution in [1.29, 1.82) is 0 Å². The molecule has 0 aliphatic rings. The van der Waals surface area contributed by atoms with Gasteiger partial charge in [-0.15, -0.1) is 10.2 Å². The molecule has 0 spiro atoms. The van der Waals surface area contributed by atoms with Crippen molar-refractivity contribution < 1.29 is 24.3 Å². The molecule has 1 amide bonds. The van der Waals surface area contributed by atoms with Crippen LogP contribution < -0.4 is 11.2 Å². The molecule has 13 nitrogen and oxygen atoms in total. The van der Waals surface area contributed by atoms with Crippen LogP contribution in [0.5, 0.6) is 0 Å². The lowest BCUT2D eigenvalue weighted by atomic mass is 10.2. The van der Waals surface area contributed by atoms with E-state index in [-0.39, 0.29) is 5.56 Å². The van der Waals surface area contributed by atoms with Crippen molar-refractivity contribution in [2.24, 2.45) is 10.2 Å². The van der Waals surface area contributed by atoms with Crippen LogP contribution in [0.4, 0.5) is 28.4 Å². The van der Waals surface area contributed by atoms with E-state index in [0.29, 0.717) is 22.6 Å². The zero-order valence-corrected chi connectivity index (χ0v) is 16.6. The number of hydrogen-bond acceptors (Lipinski definition) is 10. The van der Waals surface area contributed by atoms with E-state index >= 15 is 0 Å². The van der Waals surface area contributed by atoms with Crippen LogP contribution in [0.3, 0.4) is 0 Å². The Kier molecular flexibility index (Phi) is 6.64. The van der Waals surface area contributed by atoms with Crippen molar-refractivity contribution in [2.75, 3.05) is 11.2 Å². The number of benzene rings is 3. The van der Waals surface area contributed by atoms with E-state index in [0.717, 1.165) is 18.2 Å². The van der Waals surface area contributed by atoms with E-state index in [1.807, 2.05) is 0 Å². The van der Waals surface area contributed by atoms with Gasteiger partial charge in [0.05, 0.1) is 32.9 Å². The number of hydrogen-bond donors (Lipinski definition) is 2. The highest BCUT2D eigenvalue weighted by molar-refractivity contribution is 5.95. The number of carbonyl (C=O) groups excluding carboxylic acids is 2. The lowest BCUT2D eigenvalue weighted by molar-refractivity contribution is -0.394. The molecule has 0 aromatic heterocycles. The topological polar surface area (TPSA) is 192 Å². The van der Waals surface area contributed by atoms with Gasteiger partial charge in [-0.1, -0.05) is 0 Å². The quantitative estimate of drug-likeness (QED) is 0.230. The van der Waals surface area contributed by atoms with Crippen molar-refractivity contribution in [1.82, 2.24) is 0 Å². The number of azo groups is 1. The molecule has 0 atom stereocenters. The molecular formula is C20H14N6O7. The molecule has 3 aromatic rings. The molecule has 0 radical (unpaired) electrons. The Labute approximate surface area is 184 Å². The third-order valence-corrected chi connectivity index (χ3v) is 4.10. The van der Waals surface area contributed by atoms with E-state index in [4.69, 9.17) is 10.6 Å². The summed E-state index contributed by atoms with van der Waals surface area (Å²) in [5, 5.41) is 29.3. The van der Waals surface area contributed by atoms with Gasteiger partial charge < -0.3 is 10.6 Å². The minimum Gasteiger partial charge on any atom is -0.399 e. The summed E-state index contributed by atoms with van der Waals surface area (Å²) >= 11 is 0. The predicted molar refractivity (Wildman–Crippen MR) is 115 cm³/mol. The number of nitrogens with one attached hydrogen (secondary N) is 1. The fraction of sp³-hybridized carbons (Fsp3) is 0. The summed E-state index contributed by atoms with van der Waals surface area (Å²) in [6, 6.07) is 14.5. The van der Waals surface area contributed by atoms with Gasteiger partial charge in [0.1, 0.15) is 0 Å². The van der Waals surface area contributed by atoms with E-state index in [2.05, 4.69) is 15.7 Å². The van der Waals surface area contributed by atoms with Gasteiger partial charge in [-0.3, -0.25) is 25.0 Å². The molecule has 0 saturated heterocycles. The first-order valence-corrected chi connectivity index (χ1v) is 9.05. The van der Waals surface area contributed by atoms with Gasteiger partial charge in [-0.05, 0) is 48.5 Å². The molecule has 3 N–H and O–H groups in total. The summed E-state index contributed by atoms with van der Waals surface area (Å²) in [5.74, 6) is -1.63. The number of nitro groups is 2. The van der Waals surface area contributed by atoms with Gasteiger partial charge in [0.25, 0.3) is 17.3 Å². The van der Waals surface area contributed by atoms with E-state index in [9.17, 15) is 29.8 Å². The summed E-state index contributed by atoms with van der Waals surface area (Å²) in [6.45, 7) is 0. The predicted octanol–water partition coefficient (Wildman–Crippen LogP) is 4.19. The second kappa shape index (κ2) is 9.74. The summed E-state index contributed by atoms with van der Waals surface area (Å²) in [4.78, 5) is 49.1. The minimum absolute atomic E-state index is 0.298. The number of nitrogens with two attached hydrogens (primary N) is 1. The number of rotatable bonds is 7. The number of nitrogen functional groups attached to an aromatic ring is 1. The molecule has 0 bridgehead atoms. The highest BCUT2D eigenvalue weighted by Crippen LogP contribution is 2.24. The summed E-state index contributed by atoms with van der Waals surface area (Å²) in [6.07, 6.45) is 0. The van der Waals surface area contributed by atoms with Crippen LogP contribution >= 0.6 is 0 Å². The standard InChI is InChI=1S/C20H14N6O7/c21-14-3-1-12(2-4-14)19(27)23-22-15-5-7-16(8-6-15)24-33-20(28)13-9-17(25(29)30)11-18(10-13)26(31)32/h1-11,24H,21H2. The van der Waals surface area contributed by atoms with Crippen molar-refractivity contribution in [3.05, 3.63) is 98.1 Å². The first-order valence-electron chi connectivity index (χ1n) is 9.05. The average molecular weight is 450 g/mol. The normalized spacial score (nSPS) is 10.5. The molecule has 13 heteroatoms. The molecule has 0 heterocycles. The van der Waals surface area contributed by atoms with Crippen molar-refractivity contribution in [3.63, 3.8) is 0 Å². The Hall–Kier alpha value is -5.20. The first-order chi connectivity index (χ1) is 15.7. The molecule has 0 aliphatic carbocycles. The van der Waals surface area contributed by atoms with Gasteiger partial charge in [0.15, 0.2) is 0 Å². The van der Waals surface area contributed by atoms with Crippen LogP contribution in [0.25, 0.3) is 0 Å². The molecule has 0 unspecified atom stereocenters. The molecule has 0 fully saturated rings. The van der Waals surface area contributed by atoms with E-state index < -0.39 is 33.1 Å².